The highest BCUT2D eigenvalue weighted by Crippen LogP contribution is 2.44. The van der Waals surface area contributed by atoms with Crippen LogP contribution in [0.5, 0.6) is 0 Å². The van der Waals surface area contributed by atoms with Gasteiger partial charge in [0.25, 0.3) is 0 Å². The Bertz CT molecular complexity index is 503. The van der Waals surface area contributed by atoms with E-state index in [1.807, 2.05) is 27.7 Å². The molecule has 0 radical (unpaired) electrons. The van der Waals surface area contributed by atoms with Crippen molar-refractivity contribution in [3.05, 3.63) is 0 Å². The van der Waals surface area contributed by atoms with Crippen LogP contribution in [0.1, 0.15) is 48.0 Å². The Morgan fingerprint density at radius 1 is 0.958 bits per heavy atom. The van der Waals surface area contributed by atoms with Crippen LogP contribution in [-0.2, 0) is 33.2 Å². The van der Waals surface area contributed by atoms with Crippen molar-refractivity contribution in [3.8, 4) is 0 Å². The normalized spacial score (nSPS) is 43.4. The van der Waals surface area contributed by atoms with Crippen molar-refractivity contribution in [2.45, 2.75) is 89.6 Å². The van der Waals surface area contributed by atoms with Gasteiger partial charge in [-0.3, -0.25) is 0 Å². The Labute approximate surface area is 142 Å². The molecule has 138 valence electrons. The van der Waals surface area contributed by atoms with Crippen LogP contribution in [0.4, 0.5) is 0 Å². The van der Waals surface area contributed by atoms with Crippen LogP contribution in [0.3, 0.4) is 0 Å². The zero-order valence-electron chi connectivity index (χ0n) is 15.3. The van der Waals surface area contributed by atoms with E-state index in [1.54, 1.807) is 13.8 Å². The van der Waals surface area contributed by atoms with Gasteiger partial charge in [-0.05, 0) is 41.5 Å². The average Bonchev–Trinajstić information content (AvgIpc) is 2.96. The van der Waals surface area contributed by atoms with Gasteiger partial charge in [0.2, 0.25) is 0 Å². The molecular formula is C17H28O7. The summed E-state index contributed by atoms with van der Waals surface area (Å²) in [6.45, 7) is 11.6. The largest absolute Gasteiger partial charge is 0.464 e. The van der Waals surface area contributed by atoms with E-state index in [0.717, 1.165) is 0 Å². The average molecular weight is 344 g/mol. The Balaban J connectivity index is 1.85. The van der Waals surface area contributed by atoms with Crippen LogP contribution in [0, 0.1) is 0 Å². The minimum atomic E-state index is -1.10. The number of carbonyl (C=O) groups is 1. The first kappa shape index (κ1) is 18.1. The molecule has 7 heteroatoms. The topological polar surface area (TPSA) is 72.5 Å². The zero-order valence-corrected chi connectivity index (χ0v) is 15.3. The summed E-state index contributed by atoms with van der Waals surface area (Å²) in [5.41, 5.74) is -1.10. The van der Waals surface area contributed by atoms with E-state index in [4.69, 9.17) is 28.4 Å². The molecule has 3 aliphatic rings. The van der Waals surface area contributed by atoms with Crippen molar-refractivity contribution in [2.75, 3.05) is 13.2 Å². The van der Waals surface area contributed by atoms with E-state index < -0.39 is 23.3 Å². The molecule has 0 spiro atoms. The molecule has 0 N–H and O–H groups in total. The summed E-state index contributed by atoms with van der Waals surface area (Å²) in [6, 6.07) is 0. The SMILES string of the molecule is CCOC(=O)[C@]1(C)C[C@H]2OC(C)(C)O[C@H]2[C@@H]([C@H]2COC(C)(C)O2)O1. The highest BCUT2D eigenvalue weighted by atomic mass is 16.8. The van der Waals surface area contributed by atoms with Gasteiger partial charge in [0.05, 0.1) is 19.3 Å². The Hall–Kier alpha value is -0.730. The first-order valence-electron chi connectivity index (χ1n) is 8.58. The van der Waals surface area contributed by atoms with E-state index in [-0.39, 0.29) is 24.3 Å². The van der Waals surface area contributed by atoms with Gasteiger partial charge in [-0.2, -0.15) is 0 Å². The molecule has 5 atom stereocenters. The minimum absolute atomic E-state index is 0.263. The molecule has 0 amide bonds. The molecule has 3 aliphatic heterocycles. The number of carbonyl (C=O) groups excluding carboxylic acids is 1. The fourth-order valence-electron chi connectivity index (χ4n) is 3.68. The van der Waals surface area contributed by atoms with Crippen molar-refractivity contribution in [1.29, 1.82) is 0 Å². The van der Waals surface area contributed by atoms with Crippen LogP contribution in [-0.4, -0.2) is 60.8 Å². The predicted octanol–water partition coefficient (Wildman–Crippen LogP) is 1.77. The fraction of sp³-hybridized carbons (Fsp3) is 0.941. The molecular weight excluding hydrogens is 316 g/mol. The van der Waals surface area contributed by atoms with Gasteiger partial charge in [0.15, 0.2) is 17.2 Å². The molecule has 7 nitrogen and oxygen atoms in total. The second kappa shape index (κ2) is 5.92. The van der Waals surface area contributed by atoms with E-state index in [1.165, 1.54) is 0 Å². The highest BCUT2D eigenvalue weighted by Gasteiger charge is 2.59. The van der Waals surface area contributed by atoms with E-state index in [2.05, 4.69) is 0 Å². The molecule has 0 unspecified atom stereocenters. The summed E-state index contributed by atoms with van der Waals surface area (Å²) < 4.78 is 35.1. The maximum absolute atomic E-state index is 12.4. The van der Waals surface area contributed by atoms with Gasteiger partial charge in [-0.15, -0.1) is 0 Å². The maximum atomic E-state index is 12.4. The number of fused-ring (bicyclic) bond motifs is 1. The third-order valence-corrected chi connectivity index (χ3v) is 4.64. The van der Waals surface area contributed by atoms with Gasteiger partial charge in [-0.25, -0.2) is 4.79 Å². The monoisotopic (exact) mass is 344 g/mol. The smallest absolute Gasteiger partial charge is 0.338 e. The Kier molecular flexibility index (Phi) is 4.45. The summed E-state index contributed by atoms with van der Waals surface area (Å²) in [6.07, 6.45) is -1.00. The second-order valence-electron chi connectivity index (χ2n) is 7.74. The summed E-state index contributed by atoms with van der Waals surface area (Å²) in [5, 5.41) is 0. The highest BCUT2D eigenvalue weighted by molar-refractivity contribution is 5.79. The lowest BCUT2D eigenvalue weighted by atomic mass is 9.87. The van der Waals surface area contributed by atoms with Crippen molar-refractivity contribution in [2.24, 2.45) is 0 Å². The first-order valence-corrected chi connectivity index (χ1v) is 8.58. The van der Waals surface area contributed by atoms with Crippen molar-refractivity contribution in [3.63, 3.8) is 0 Å². The molecule has 3 heterocycles. The van der Waals surface area contributed by atoms with Gasteiger partial charge in [0, 0.05) is 6.42 Å². The molecule has 0 saturated carbocycles. The number of hydrogen-bond acceptors (Lipinski definition) is 7. The lowest BCUT2D eigenvalue weighted by Gasteiger charge is -2.43. The van der Waals surface area contributed by atoms with Gasteiger partial charge in [-0.1, -0.05) is 0 Å². The fourth-order valence-corrected chi connectivity index (χ4v) is 3.68. The molecule has 0 aromatic heterocycles. The standard InChI is InChI=1S/C17H28O7/c1-7-19-14(18)17(6)8-10-12(23-16(4,5)21-10)13(24-17)11-9-20-15(2,3)22-11/h10-13H,7-9H2,1-6H3/t10-,11-,12-,13-,17+/m1/s1. The maximum Gasteiger partial charge on any atom is 0.338 e. The van der Waals surface area contributed by atoms with Crippen LogP contribution in [0.2, 0.25) is 0 Å². The lowest BCUT2D eigenvalue weighted by Crippen LogP contribution is -2.60. The molecule has 3 saturated heterocycles. The molecule has 3 fully saturated rings. The number of rotatable bonds is 3. The van der Waals surface area contributed by atoms with E-state index in [0.29, 0.717) is 19.6 Å². The summed E-state index contributed by atoms with van der Waals surface area (Å²) >= 11 is 0. The third kappa shape index (κ3) is 3.32. The van der Waals surface area contributed by atoms with Gasteiger partial charge < -0.3 is 28.4 Å². The van der Waals surface area contributed by atoms with Gasteiger partial charge >= 0.3 is 5.97 Å². The summed E-state index contributed by atoms with van der Waals surface area (Å²) in [4.78, 5) is 12.4. The molecule has 3 rings (SSSR count). The number of esters is 1. The van der Waals surface area contributed by atoms with Crippen LogP contribution < -0.4 is 0 Å². The number of hydrogen-bond donors (Lipinski definition) is 0. The van der Waals surface area contributed by atoms with Crippen LogP contribution in [0.25, 0.3) is 0 Å². The summed E-state index contributed by atoms with van der Waals surface area (Å²) in [5.74, 6) is -1.80. The van der Waals surface area contributed by atoms with Crippen molar-refractivity contribution in [1.82, 2.24) is 0 Å². The molecule has 0 aliphatic carbocycles. The van der Waals surface area contributed by atoms with Crippen molar-refractivity contribution >= 4 is 5.97 Å². The van der Waals surface area contributed by atoms with Gasteiger partial charge in [0.1, 0.15) is 18.3 Å². The Morgan fingerprint density at radius 3 is 2.17 bits per heavy atom. The lowest BCUT2D eigenvalue weighted by molar-refractivity contribution is -0.234. The van der Waals surface area contributed by atoms with Crippen molar-refractivity contribution < 1.29 is 33.2 Å². The first-order chi connectivity index (χ1) is 11.1. The second-order valence-corrected chi connectivity index (χ2v) is 7.74. The summed E-state index contributed by atoms with van der Waals surface area (Å²) in [7, 11) is 0. The third-order valence-electron chi connectivity index (χ3n) is 4.64. The van der Waals surface area contributed by atoms with E-state index >= 15 is 0 Å². The van der Waals surface area contributed by atoms with E-state index in [9.17, 15) is 4.79 Å². The Morgan fingerprint density at radius 2 is 1.58 bits per heavy atom. The number of ether oxygens (including phenoxy) is 6. The molecule has 0 aromatic rings. The molecule has 24 heavy (non-hydrogen) atoms. The molecule has 0 bridgehead atoms. The van der Waals surface area contributed by atoms with Crippen LogP contribution in [0.15, 0.2) is 0 Å². The quantitative estimate of drug-likeness (QED) is 0.723. The predicted molar refractivity (Wildman–Crippen MR) is 83.3 cm³/mol. The minimum Gasteiger partial charge on any atom is -0.464 e. The van der Waals surface area contributed by atoms with Crippen LogP contribution >= 0.6 is 0 Å². The zero-order chi connectivity index (χ0) is 17.8. The molecule has 0 aromatic carbocycles.